The fourth-order valence-corrected chi connectivity index (χ4v) is 6.32. The molecule has 1 aromatic carbocycles. The normalized spacial score (nSPS) is 26.8. The molecule has 0 aliphatic carbocycles. The first-order chi connectivity index (χ1) is 13.9. The topological polar surface area (TPSA) is 87.2 Å². The van der Waals surface area contributed by atoms with Gasteiger partial charge in [0.05, 0.1) is 30.2 Å². The average Bonchev–Trinajstić information content (AvgIpc) is 3.29. The third-order valence-corrected chi connectivity index (χ3v) is 7.92. The highest BCUT2D eigenvalue weighted by Gasteiger charge is 2.43. The van der Waals surface area contributed by atoms with Crippen LogP contribution in [-0.2, 0) is 19.4 Å². The van der Waals surface area contributed by atoms with Crippen molar-refractivity contribution < 1.29 is 22.7 Å². The Morgan fingerprint density at radius 1 is 1.14 bits per heavy atom. The zero-order valence-corrected chi connectivity index (χ0v) is 17.4. The SMILES string of the molecule is COc1ccccc1N1CCN(C(=O)[C@@H]2CC(=O)N([C@H]3CCS(=O)(=O)C3)C2)CC1. The Morgan fingerprint density at radius 3 is 2.52 bits per heavy atom. The van der Waals surface area contributed by atoms with Gasteiger partial charge in [0.2, 0.25) is 11.8 Å². The summed E-state index contributed by atoms with van der Waals surface area (Å²) in [6, 6.07) is 7.57. The second-order valence-electron chi connectivity index (χ2n) is 7.99. The Balaban J connectivity index is 1.35. The van der Waals surface area contributed by atoms with Crippen molar-refractivity contribution in [3.63, 3.8) is 0 Å². The first kappa shape index (κ1) is 20.0. The molecule has 3 fully saturated rings. The van der Waals surface area contributed by atoms with E-state index in [0.29, 0.717) is 39.1 Å². The summed E-state index contributed by atoms with van der Waals surface area (Å²) in [5, 5.41) is 0. The molecule has 0 radical (unpaired) electrons. The number of anilines is 1. The third kappa shape index (κ3) is 4.05. The number of methoxy groups -OCH3 is 1. The van der Waals surface area contributed by atoms with Gasteiger partial charge in [-0.2, -0.15) is 0 Å². The van der Waals surface area contributed by atoms with Crippen molar-refractivity contribution in [1.29, 1.82) is 0 Å². The Morgan fingerprint density at radius 2 is 1.86 bits per heavy atom. The van der Waals surface area contributed by atoms with Crippen molar-refractivity contribution in [2.45, 2.75) is 18.9 Å². The van der Waals surface area contributed by atoms with E-state index in [4.69, 9.17) is 4.74 Å². The van der Waals surface area contributed by atoms with Gasteiger partial charge in [0.15, 0.2) is 9.84 Å². The van der Waals surface area contributed by atoms with Gasteiger partial charge in [-0.25, -0.2) is 8.42 Å². The molecular weight excluding hydrogens is 394 g/mol. The maximum absolute atomic E-state index is 13.0. The quantitative estimate of drug-likeness (QED) is 0.699. The minimum absolute atomic E-state index is 0.00128. The molecule has 0 unspecified atom stereocenters. The number of hydrogen-bond donors (Lipinski definition) is 0. The summed E-state index contributed by atoms with van der Waals surface area (Å²) in [5.41, 5.74) is 1.02. The van der Waals surface area contributed by atoms with Crippen molar-refractivity contribution in [3.05, 3.63) is 24.3 Å². The average molecular weight is 422 g/mol. The molecule has 3 aliphatic heterocycles. The molecule has 9 heteroatoms. The van der Waals surface area contributed by atoms with Crippen LogP contribution in [-0.4, -0.2) is 87.4 Å². The number of carbonyl (C=O) groups excluding carboxylic acids is 2. The predicted molar refractivity (Wildman–Crippen MR) is 109 cm³/mol. The van der Waals surface area contributed by atoms with Crippen molar-refractivity contribution in [2.75, 3.05) is 56.2 Å². The smallest absolute Gasteiger partial charge is 0.228 e. The first-order valence-electron chi connectivity index (χ1n) is 10.0. The van der Waals surface area contributed by atoms with Gasteiger partial charge in [0, 0.05) is 45.2 Å². The molecule has 3 aliphatic rings. The number of piperazine rings is 1. The van der Waals surface area contributed by atoms with E-state index in [9.17, 15) is 18.0 Å². The monoisotopic (exact) mass is 421 g/mol. The van der Waals surface area contributed by atoms with Gasteiger partial charge in [0.25, 0.3) is 0 Å². The molecule has 2 amide bonds. The van der Waals surface area contributed by atoms with Gasteiger partial charge in [0.1, 0.15) is 5.75 Å². The lowest BCUT2D eigenvalue weighted by Crippen LogP contribution is -2.51. The second kappa shape index (κ2) is 7.85. The lowest BCUT2D eigenvalue weighted by molar-refractivity contribution is -0.136. The van der Waals surface area contributed by atoms with Gasteiger partial charge in [-0.15, -0.1) is 0 Å². The maximum atomic E-state index is 13.0. The summed E-state index contributed by atoms with van der Waals surface area (Å²) < 4.78 is 28.9. The number of likely N-dealkylation sites (tertiary alicyclic amines) is 1. The highest BCUT2D eigenvalue weighted by atomic mass is 32.2. The Labute approximate surface area is 171 Å². The molecule has 0 saturated carbocycles. The molecule has 158 valence electrons. The zero-order chi connectivity index (χ0) is 20.6. The fraction of sp³-hybridized carbons (Fsp3) is 0.600. The number of sulfone groups is 1. The van der Waals surface area contributed by atoms with E-state index < -0.39 is 9.84 Å². The van der Waals surface area contributed by atoms with Gasteiger partial charge in [-0.3, -0.25) is 9.59 Å². The van der Waals surface area contributed by atoms with E-state index in [-0.39, 0.29) is 41.7 Å². The minimum atomic E-state index is -3.06. The van der Waals surface area contributed by atoms with Crippen LogP contribution >= 0.6 is 0 Å². The van der Waals surface area contributed by atoms with E-state index in [1.54, 1.807) is 12.0 Å². The number of ether oxygens (including phenoxy) is 1. The van der Waals surface area contributed by atoms with Crippen LogP contribution in [0.4, 0.5) is 5.69 Å². The summed E-state index contributed by atoms with van der Waals surface area (Å²) in [4.78, 5) is 31.1. The fourth-order valence-electron chi connectivity index (χ4n) is 4.59. The lowest BCUT2D eigenvalue weighted by Gasteiger charge is -2.37. The summed E-state index contributed by atoms with van der Waals surface area (Å²) >= 11 is 0. The Bertz CT molecular complexity index is 895. The second-order valence-corrected chi connectivity index (χ2v) is 10.2. The van der Waals surface area contributed by atoms with E-state index in [1.165, 1.54) is 0 Å². The van der Waals surface area contributed by atoms with E-state index >= 15 is 0 Å². The molecule has 0 aromatic heterocycles. The Kier molecular flexibility index (Phi) is 5.42. The van der Waals surface area contributed by atoms with E-state index in [1.807, 2.05) is 29.2 Å². The van der Waals surface area contributed by atoms with Crippen molar-refractivity contribution >= 4 is 27.3 Å². The standard InChI is InChI=1S/C20H27N3O5S/c1-28-18-5-3-2-4-17(18)21-7-9-22(10-8-21)20(25)15-12-19(24)23(13-15)16-6-11-29(26,27)14-16/h2-5,15-16H,6-14H2,1H3/t15-,16+/m1/s1. The highest BCUT2D eigenvalue weighted by Crippen LogP contribution is 2.30. The predicted octanol–water partition coefficient (Wildman–Crippen LogP) is 0.379. The van der Waals surface area contributed by atoms with Crippen LogP contribution in [0.25, 0.3) is 0 Å². The molecule has 29 heavy (non-hydrogen) atoms. The molecule has 4 rings (SSSR count). The number of hydrogen-bond acceptors (Lipinski definition) is 6. The minimum Gasteiger partial charge on any atom is -0.495 e. The van der Waals surface area contributed by atoms with E-state index in [2.05, 4.69) is 4.90 Å². The van der Waals surface area contributed by atoms with Crippen LogP contribution in [0.2, 0.25) is 0 Å². The largest absolute Gasteiger partial charge is 0.495 e. The summed E-state index contributed by atoms with van der Waals surface area (Å²) in [6.45, 7) is 2.94. The molecule has 2 atom stereocenters. The third-order valence-electron chi connectivity index (χ3n) is 6.17. The van der Waals surface area contributed by atoms with Gasteiger partial charge in [-0.1, -0.05) is 12.1 Å². The Hall–Kier alpha value is -2.29. The van der Waals surface area contributed by atoms with Gasteiger partial charge in [-0.05, 0) is 18.6 Å². The lowest BCUT2D eigenvalue weighted by atomic mass is 10.1. The molecule has 0 N–H and O–H groups in total. The van der Waals surface area contributed by atoms with Crippen molar-refractivity contribution in [1.82, 2.24) is 9.80 Å². The number of nitrogens with zero attached hydrogens (tertiary/aromatic N) is 3. The number of carbonyl (C=O) groups is 2. The summed E-state index contributed by atoms with van der Waals surface area (Å²) in [6.07, 6.45) is 0.661. The van der Waals surface area contributed by atoms with Crippen molar-refractivity contribution in [3.8, 4) is 5.75 Å². The van der Waals surface area contributed by atoms with Crippen LogP contribution in [0.3, 0.4) is 0 Å². The van der Waals surface area contributed by atoms with Crippen LogP contribution in [0.15, 0.2) is 24.3 Å². The van der Waals surface area contributed by atoms with Crippen LogP contribution in [0, 0.1) is 5.92 Å². The maximum Gasteiger partial charge on any atom is 0.228 e. The van der Waals surface area contributed by atoms with Crippen LogP contribution in [0.1, 0.15) is 12.8 Å². The first-order valence-corrected chi connectivity index (χ1v) is 11.9. The number of para-hydroxylation sites is 2. The summed E-state index contributed by atoms with van der Waals surface area (Å²) in [7, 11) is -1.41. The summed E-state index contributed by atoms with van der Waals surface area (Å²) in [5.74, 6) is 0.501. The van der Waals surface area contributed by atoms with Gasteiger partial charge >= 0.3 is 0 Å². The van der Waals surface area contributed by atoms with Gasteiger partial charge < -0.3 is 19.4 Å². The number of benzene rings is 1. The van der Waals surface area contributed by atoms with Crippen molar-refractivity contribution in [2.24, 2.45) is 5.92 Å². The number of rotatable bonds is 4. The molecular formula is C20H27N3O5S. The van der Waals surface area contributed by atoms with E-state index in [0.717, 1.165) is 11.4 Å². The zero-order valence-electron chi connectivity index (χ0n) is 16.6. The molecule has 1 aromatic rings. The van der Waals surface area contributed by atoms with Crippen LogP contribution < -0.4 is 9.64 Å². The molecule has 0 spiro atoms. The molecule has 0 bridgehead atoms. The molecule has 3 saturated heterocycles. The molecule has 3 heterocycles. The highest BCUT2D eigenvalue weighted by molar-refractivity contribution is 7.91. The molecule has 8 nitrogen and oxygen atoms in total. The van der Waals surface area contributed by atoms with Crippen LogP contribution in [0.5, 0.6) is 5.75 Å². The number of amides is 2.